The summed E-state index contributed by atoms with van der Waals surface area (Å²) in [5.41, 5.74) is 2.72. The van der Waals surface area contributed by atoms with E-state index in [0.29, 0.717) is 12.0 Å². The van der Waals surface area contributed by atoms with E-state index in [2.05, 4.69) is 47.2 Å². The second kappa shape index (κ2) is 6.07. The molecule has 1 aliphatic heterocycles. The van der Waals surface area contributed by atoms with Crippen LogP contribution in [0.4, 0.5) is 0 Å². The van der Waals surface area contributed by atoms with Crippen molar-refractivity contribution in [2.45, 2.75) is 45.6 Å². The minimum absolute atomic E-state index is 0.423. The molecule has 1 aromatic carbocycles. The third-order valence-electron chi connectivity index (χ3n) is 4.62. The Balaban J connectivity index is 1.93. The Morgan fingerprint density at radius 3 is 2.90 bits per heavy atom. The fraction of sp³-hybridized carbons (Fsp3) is 0.647. The summed E-state index contributed by atoms with van der Waals surface area (Å²) >= 11 is 3.67. The molecule has 2 aliphatic rings. The van der Waals surface area contributed by atoms with Gasteiger partial charge in [-0.2, -0.15) is 0 Å². The Hall–Kier alpha value is -0.540. The number of halogens is 1. The summed E-state index contributed by atoms with van der Waals surface area (Å²) in [5, 5.41) is 3.76. The quantitative estimate of drug-likeness (QED) is 0.826. The lowest BCUT2D eigenvalue weighted by atomic mass is 9.89. The number of hydrogen-bond donors (Lipinski definition) is 1. The molecule has 2 nitrogen and oxygen atoms in total. The molecule has 0 radical (unpaired) electrons. The number of fused-ring (bicyclic) bond motifs is 1. The van der Waals surface area contributed by atoms with E-state index in [1.165, 1.54) is 34.9 Å². The van der Waals surface area contributed by atoms with Crippen LogP contribution in [0.5, 0.6) is 5.75 Å². The summed E-state index contributed by atoms with van der Waals surface area (Å²) in [4.78, 5) is 0. The molecule has 0 bridgehead atoms. The van der Waals surface area contributed by atoms with Crippen molar-refractivity contribution in [2.24, 2.45) is 11.8 Å². The SMILES string of the molecule is CCCNC(c1cc(Br)cc2c1OCC2)C(C)C1CC1. The van der Waals surface area contributed by atoms with Gasteiger partial charge in [0.25, 0.3) is 0 Å². The van der Waals surface area contributed by atoms with Crippen molar-refractivity contribution in [3.63, 3.8) is 0 Å². The van der Waals surface area contributed by atoms with Crippen molar-refractivity contribution >= 4 is 15.9 Å². The normalized spacial score (nSPS) is 20.4. The molecule has 20 heavy (non-hydrogen) atoms. The van der Waals surface area contributed by atoms with E-state index in [-0.39, 0.29) is 0 Å². The van der Waals surface area contributed by atoms with Gasteiger partial charge < -0.3 is 10.1 Å². The lowest BCUT2D eigenvalue weighted by molar-refractivity contribution is 0.318. The molecule has 2 atom stereocenters. The van der Waals surface area contributed by atoms with Crippen LogP contribution >= 0.6 is 15.9 Å². The topological polar surface area (TPSA) is 21.3 Å². The first-order valence-corrected chi connectivity index (χ1v) is 8.68. The van der Waals surface area contributed by atoms with E-state index < -0.39 is 0 Å². The average Bonchev–Trinajstić information content (AvgIpc) is 3.17. The number of hydrogen-bond acceptors (Lipinski definition) is 2. The third-order valence-corrected chi connectivity index (χ3v) is 5.08. The Morgan fingerprint density at radius 1 is 1.40 bits per heavy atom. The van der Waals surface area contributed by atoms with Gasteiger partial charge in [-0.15, -0.1) is 0 Å². The molecular weight excluding hydrogens is 314 g/mol. The van der Waals surface area contributed by atoms with Crippen LogP contribution in [-0.2, 0) is 6.42 Å². The summed E-state index contributed by atoms with van der Waals surface area (Å²) in [7, 11) is 0. The summed E-state index contributed by atoms with van der Waals surface area (Å²) in [6, 6.07) is 4.90. The maximum Gasteiger partial charge on any atom is 0.127 e. The van der Waals surface area contributed by atoms with Gasteiger partial charge in [-0.05, 0) is 55.3 Å². The highest BCUT2D eigenvalue weighted by atomic mass is 79.9. The van der Waals surface area contributed by atoms with Crippen LogP contribution in [-0.4, -0.2) is 13.2 Å². The molecule has 110 valence electrons. The van der Waals surface area contributed by atoms with Crippen LogP contribution in [0.15, 0.2) is 16.6 Å². The summed E-state index contributed by atoms with van der Waals surface area (Å²) < 4.78 is 7.12. The first kappa shape index (κ1) is 14.4. The highest BCUT2D eigenvalue weighted by Crippen LogP contribution is 2.46. The Labute approximate surface area is 130 Å². The largest absolute Gasteiger partial charge is 0.493 e. The van der Waals surface area contributed by atoms with Crippen molar-refractivity contribution in [2.75, 3.05) is 13.2 Å². The Morgan fingerprint density at radius 2 is 2.20 bits per heavy atom. The number of rotatable bonds is 6. The zero-order valence-corrected chi connectivity index (χ0v) is 14.0. The third kappa shape index (κ3) is 2.89. The van der Waals surface area contributed by atoms with E-state index in [4.69, 9.17) is 4.74 Å². The van der Waals surface area contributed by atoms with Crippen LogP contribution in [0.2, 0.25) is 0 Å². The molecule has 0 saturated heterocycles. The first-order chi connectivity index (χ1) is 9.70. The highest BCUT2D eigenvalue weighted by Gasteiger charge is 2.36. The second-order valence-electron chi connectivity index (χ2n) is 6.21. The summed E-state index contributed by atoms with van der Waals surface area (Å²) in [6.45, 7) is 6.53. The Kier molecular flexibility index (Phi) is 4.37. The molecular formula is C17H24BrNO. The molecule has 1 heterocycles. The van der Waals surface area contributed by atoms with Crippen molar-refractivity contribution in [3.05, 3.63) is 27.7 Å². The van der Waals surface area contributed by atoms with Crippen LogP contribution in [0.3, 0.4) is 0 Å². The van der Waals surface area contributed by atoms with E-state index in [1.807, 2.05) is 0 Å². The van der Waals surface area contributed by atoms with E-state index >= 15 is 0 Å². The first-order valence-electron chi connectivity index (χ1n) is 7.89. The zero-order chi connectivity index (χ0) is 14.1. The van der Waals surface area contributed by atoms with E-state index in [9.17, 15) is 0 Å². The van der Waals surface area contributed by atoms with Crippen LogP contribution in [0, 0.1) is 11.8 Å². The summed E-state index contributed by atoms with van der Waals surface area (Å²) in [5.74, 6) is 2.72. The van der Waals surface area contributed by atoms with Crippen LogP contribution in [0.1, 0.15) is 50.3 Å². The molecule has 0 amide bonds. The van der Waals surface area contributed by atoms with Gasteiger partial charge in [0.2, 0.25) is 0 Å². The molecule has 1 saturated carbocycles. The standard InChI is InChI=1S/C17H24BrNO/c1-3-7-19-16(11(2)12-4-5-12)15-10-14(18)9-13-6-8-20-17(13)15/h9-12,16,19H,3-8H2,1-2H3. The Bertz CT molecular complexity index is 484. The van der Waals surface area contributed by atoms with Crippen molar-refractivity contribution in [1.29, 1.82) is 0 Å². The molecule has 0 aromatic heterocycles. The van der Waals surface area contributed by atoms with Gasteiger partial charge >= 0.3 is 0 Å². The van der Waals surface area contributed by atoms with Gasteiger partial charge in [0, 0.05) is 22.5 Å². The van der Waals surface area contributed by atoms with Gasteiger partial charge in [0.05, 0.1) is 6.61 Å². The molecule has 3 heteroatoms. The predicted molar refractivity (Wildman–Crippen MR) is 86.3 cm³/mol. The van der Waals surface area contributed by atoms with E-state index in [1.54, 1.807) is 0 Å². The molecule has 3 rings (SSSR count). The van der Waals surface area contributed by atoms with Gasteiger partial charge in [-0.3, -0.25) is 0 Å². The molecule has 2 unspecified atom stereocenters. The fourth-order valence-corrected chi connectivity index (χ4v) is 3.82. The van der Waals surface area contributed by atoms with Crippen LogP contribution in [0.25, 0.3) is 0 Å². The fourth-order valence-electron chi connectivity index (χ4n) is 3.30. The highest BCUT2D eigenvalue weighted by molar-refractivity contribution is 9.10. The minimum Gasteiger partial charge on any atom is -0.493 e. The van der Waals surface area contributed by atoms with Crippen molar-refractivity contribution < 1.29 is 4.74 Å². The van der Waals surface area contributed by atoms with Crippen molar-refractivity contribution in [1.82, 2.24) is 5.32 Å². The average molecular weight is 338 g/mol. The zero-order valence-electron chi connectivity index (χ0n) is 12.4. The van der Waals surface area contributed by atoms with Gasteiger partial charge in [0.1, 0.15) is 5.75 Å². The number of nitrogens with one attached hydrogen (secondary N) is 1. The van der Waals surface area contributed by atoms with Gasteiger partial charge in [0.15, 0.2) is 0 Å². The number of ether oxygens (including phenoxy) is 1. The van der Waals surface area contributed by atoms with Gasteiger partial charge in [-0.1, -0.05) is 29.8 Å². The molecule has 1 N–H and O–H groups in total. The maximum atomic E-state index is 5.94. The van der Waals surface area contributed by atoms with E-state index in [0.717, 1.165) is 31.2 Å². The monoisotopic (exact) mass is 337 g/mol. The number of benzene rings is 1. The summed E-state index contributed by atoms with van der Waals surface area (Å²) in [6.07, 6.45) is 5.00. The molecule has 1 aliphatic carbocycles. The maximum absolute atomic E-state index is 5.94. The van der Waals surface area contributed by atoms with Crippen LogP contribution < -0.4 is 10.1 Å². The van der Waals surface area contributed by atoms with Gasteiger partial charge in [-0.25, -0.2) is 0 Å². The van der Waals surface area contributed by atoms with Crippen molar-refractivity contribution in [3.8, 4) is 5.75 Å². The minimum atomic E-state index is 0.423. The second-order valence-corrected chi connectivity index (χ2v) is 7.13. The molecule has 0 spiro atoms. The molecule has 1 aromatic rings. The predicted octanol–water partition coefficient (Wildman–Crippen LogP) is 4.47. The lowest BCUT2D eigenvalue weighted by Gasteiger charge is -2.27. The lowest BCUT2D eigenvalue weighted by Crippen LogP contribution is -2.29. The smallest absolute Gasteiger partial charge is 0.127 e. The molecule has 1 fully saturated rings.